The van der Waals surface area contributed by atoms with Crippen molar-refractivity contribution < 1.29 is 28.6 Å². The van der Waals surface area contributed by atoms with Crippen LogP contribution in [0.4, 0.5) is 0 Å². The van der Waals surface area contributed by atoms with Gasteiger partial charge in [0.15, 0.2) is 6.10 Å². The standard InChI is InChI=1S/C51H92O6/c1-4-7-10-13-16-19-22-24-26-29-32-35-38-41-44-50(53)56-47-48(46-55-49(52)43-40-37-34-31-28-21-18-15-12-9-6-3)57-51(54)45-42-39-36-33-30-27-25-23-20-17-14-11-8-5-2/h15,18,21,26,28-29,48H,4-14,16-17,19-20,22-25,27,30-47H2,1-3H3/b18-15-,28-21-,29-26-. The van der Waals surface area contributed by atoms with Crippen LogP contribution in [0.25, 0.3) is 0 Å². The molecule has 0 aliphatic rings. The van der Waals surface area contributed by atoms with Crippen molar-refractivity contribution in [2.75, 3.05) is 13.2 Å². The van der Waals surface area contributed by atoms with E-state index in [-0.39, 0.29) is 31.1 Å². The number of carbonyl (C=O) groups excluding carboxylic acids is 3. The van der Waals surface area contributed by atoms with Crippen molar-refractivity contribution in [2.24, 2.45) is 0 Å². The van der Waals surface area contributed by atoms with E-state index in [0.29, 0.717) is 19.3 Å². The van der Waals surface area contributed by atoms with E-state index in [1.807, 2.05) is 0 Å². The number of hydrogen-bond donors (Lipinski definition) is 0. The molecular weight excluding hydrogens is 709 g/mol. The first-order valence-electron chi connectivity index (χ1n) is 24.5. The molecule has 0 spiro atoms. The molecule has 0 saturated heterocycles. The molecule has 57 heavy (non-hydrogen) atoms. The van der Waals surface area contributed by atoms with Crippen LogP contribution < -0.4 is 0 Å². The van der Waals surface area contributed by atoms with Gasteiger partial charge in [-0.25, -0.2) is 0 Å². The quantitative estimate of drug-likeness (QED) is 0.0201. The molecule has 0 heterocycles. The Balaban J connectivity index is 4.40. The summed E-state index contributed by atoms with van der Waals surface area (Å²) >= 11 is 0. The second-order valence-corrected chi connectivity index (χ2v) is 16.4. The molecule has 0 bridgehead atoms. The number of allylic oxidation sites excluding steroid dienone is 6. The summed E-state index contributed by atoms with van der Waals surface area (Å²) in [5.41, 5.74) is 0. The van der Waals surface area contributed by atoms with Crippen molar-refractivity contribution >= 4 is 17.9 Å². The molecule has 0 aromatic heterocycles. The third-order valence-electron chi connectivity index (χ3n) is 10.6. The zero-order valence-electron chi connectivity index (χ0n) is 37.9. The van der Waals surface area contributed by atoms with E-state index in [9.17, 15) is 14.4 Å². The van der Waals surface area contributed by atoms with Crippen LogP contribution in [-0.2, 0) is 28.6 Å². The van der Waals surface area contributed by atoms with Gasteiger partial charge in [-0.1, -0.05) is 205 Å². The van der Waals surface area contributed by atoms with E-state index in [1.54, 1.807) is 0 Å². The molecule has 0 fully saturated rings. The van der Waals surface area contributed by atoms with E-state index >= 15 is 0 Å². The molecule has 0 saturated carbocycles. The SMILES string of the molecule is CCCC/C=C\C=C/CCCCCC(=O)OCC(COC(=O)CCCCC/C=C\CCCCCCCCC)OC(=O)CCCCCCCCCCCCCCCC. The van der Waals surface area contributed by atoms with Gasteiger partial charge in [-0.2, -0.15) is 0 Å². The summed E-state index contributed by atoms with van der Waals surface area (Å²) in [6.07, 6.45) is 52.7. The largest absolute Gasteiger partial charge is 0.462 e. The maximum atomic E-state index is 12.7. The average Bonchev–Trinajstić information content (AvgIpc) is 3.21. The van der Waals surface area contributed by atoms with Gasteiger partial charge in [0.1, 0.15) is 13.2 Å². The van der Waals surface area contributed by atoms with Gasteiger partial charge in [-0.3, -0.25) is 14.4 Å². The van der Waals surface area contributed by atoms with Gasteiger partial charge in [0.2, 0.25) is 0 Å². The lowest BCUT2D eigenvalue weighted by Gasteiger charge is -2.18. The topological polar surface area (TPSA) is 78.9 Å². The summed E-state index contributed by atoms with van der Waals surface area (Å²) < 4.78 is 16.7. The lowest BCUT2D eigenvalue weighted by Crippen LogP contribution is -2.30. The highest BCUT2D eigenvalue weighted by atomic mass is 16.6. The fraction of sp³-hybridized carbons (Fsp3) is 0.824. The second-order valence-electron chi connectivity index (χ2n) is 16.4. The van der Waals surface area contributed by atoms with Gasteiger partial charge >= 0.3 is 17.9 Å². The minimum Gasteiger partial charge on any atom is -0.462 e. The molecule has 0 aliphatic carbocycles. The van der Waals surface area contributed by atoms with Gasteiger partial charge in [-0.15, -0.1) is 0 Å². The molecular formula is C51H92O6. The Morgan fingerprint density at radius 1 is 0.351 bits per heavy atom. The van der Waals surface area contributed by atoms with E-state index in [4.69, 9.17) is 14.2 Å². The Labute approximate surface area is 353 Å². The monoisotopic (exact) mass is 801 g/mol. The van der Waals surface area contributed by atoms with Crippen LogP contribution in [0.5, 0.6) is 0 Å². The molecule has 6 heteroatoms. The average molecular weight is 801 g/mol. The fourth-order valence-corrected chi connectivity index (χ4v) is 6.88. The summed E-state index contributed by atoms with van der Waals surface area (Å²) in [6, 6.07) is 0. The van der Waals surface area contributed by atoms with Crippen LogP contribution in [-0.4, -0.2) is 37.2 Å². The summed E-state index contributed by atoms with van der Waals surface area (Å²) in [5.74, 6) is -0.922. The first-order valence-corrected chi connectivity index (χ1v) is 24.5. The van der Waals surface area contributed by atoms with Crippen molar-refractivity contribution in [2.45, 2.75) is 258 Å². The number of carbonyl (C=O) groups is 3. The van der Waals surface area contributed by atoms with Crippen molar-refractivity contribution in [3.05, 3.63) is 36.5 Å². The summed E-state index contributed by atoms with van der Waals surface area (Å²) in [4.78, 5) is 37.8. The van der Waals surface area contributed by atoms with Crippen LogP contribution in [0.1, 0.15) is 252 Å². The van der Waals surface area contributed by atoms with Gasteiger partial charge in [0.05, 0.1) is 0 Å². The summed E-state index contributed by atoms with van der Waals surface area (Å²) in [5, 5.41) is 0. The van der Waals surface area contributed by atoms with Crippen molar-refractivity contribution in [3.8, 4) is 0 Å². The number of esters is 3. The Morgan fingerprint density at radius 2 is 0.649 bits per heavy atom. The zero-order valence-corrected chi connectivity index (χ0v) is 37.9. The Hall–Kier alpha value is -2.37. The van der Waals surface area contributed by atoms with Crippen molar-refractivity contribution in [1.82, 2.24) is 0 Å². The van der Waals surface area contributed by atoms with Crippen LogP contribution in [0.2, 0.25) is 0 Å². The Morgan fingerprint density at radius 3 is 1.05 bits per heavy atom. The molecule has 1 unspecified atom stereocenters. The number of unbranched alkanes of at least 4 members (excludes halogenated alkanes) is 28. The highest BCUT2D eigenvalue weighted by Crippen LogP contribution is 2.15. The summed E-state index contributed by atoms with van der Waals surface area (Å²) in [6.45, 7) is 6.55. The first kappa shape index (κ1) is 54.6. The third-order valence-corrected chi connectivity index (χ3v) is 10.6. The molecule has 0 aromatic carbocycles. The minimum atomic E-state index is -0.783. The maximum absolute atomic E-state index is 12.7. The van der Waals surface area contributed by atoms with Crippen molar-refractivity contribution in [3.63, 3.8) is 0 Å². The van der Waals surface area contributed by atoms with Gasteiger partial charge in [-0.05, 0) is 64.2 Å². The van der Waals surface area contributed by atoms with E-state index in [1.165, 1.54) is 128 Å². The maximum Gasteiger partial charge on any atom is 0.306 e. The van der Waals surface area contributed by atoms with E-state index < -0.39 is 6.10 Å². The molecule has 6 nitrogen and oxygen atoms in total. The fourth-order valence-electron chi connectivity index (χ4n) is 6.88. The normalized spacial score (nSPS) is 12.3. The van der Waals surface area contributed by atoms with Crippen LogP contribution in [0.3, 0.4) is 0 Å². The van der Waals surface area contributed by atoms with Crippen molar-refractivity contribution in [1.29, 1.82) is 0 Å². The molecule has 0 N–H and O–H groups in total. The molecule has 0 rings (SSSR count). The highest BCUT2D eigenvalue weighted by Gasteiger charge is 2.19. The van der Waals surface area contributed by atoms with Crippen LogP contribution in [0.15, 0.2) is 36.5 Å². The number of hydrogen-bond acceptors (Lipinski definition) is 6. The molecule has 0 aromatic rings. The Kier molecular flexibility index (Phi) is 44.4. The molecule has 0 radical (unpaired) electrons. The third kappa shape index (κ3) is 44.6. The van der Waals surface area contributed by atoms with Gasteiger partial charge in [0, 0.05) is 19.3 Å². The lowest BCUT2D eigenvalue weighted by atomic mass is 10.0. The zero-order chi connectivity index (χ0) is 41.5. The second kappa shape index (κ2) is 46.3. The predicted molar refractivity (Wildman–Crippen MR) is 242 cm³/mol. The molecule has 0 amide bonds. The summed E-state index contributed by atoms with van der Waals surface area (Å²) in [7, 11) is 0. The molecule has 332 valence electrons. The van der Waals surface area contributed by atoms with Gasteiger partial charge in [0.25, 0.3) is 0 Å². The smallest absolute Gasteiger partial charge is 0.306 e. The molecule has 0 aliphatic heterocycles. The van der Waals surface area contributed by atoms with E-state index in [0.717, 1.165) is 83.5 Å². The van der Waals surface area contributed by atoms with Crippen LogP contribution in [0, 0.1) is 0 Å². The predicted octanol–water partition coefficient (Wildman–Crippen LogP) is 15.8. The number of ether oxygens (including phenoxy) is 3. The van der Waals surface area contributed by atoms with Gasteiger partial charge < -0.3 is 14.2 Å². The first-order chi connectivity index (χ1) is 28.0. The number of rotatable bonds is 44. The molecule has 1 atom stereocenters. The minimum absolute atomic E-state index is 0.0862. The highest BCUT2D eigenvalue weighted by molar-refractivity contribution is 5.71. The Bertz CT molecular complexity index is 969. The van der Waals surface area contributed by atoms with Crippen LogP contribution >= 0.6 is 0 Å². The lowest BCUT2D eigenvalue weighted by molar-refractivity contribution is -0.167. The van der Waals surface area contributed by atoms with E-state index in [2.05, 4.69) is 57.2 Å².